The molecule has 0 bridgehead atoms. The SMILES string of the molecule is CCc1ncccc1C(C)(C)C. The average molecular weight is 163 g/mol. The summed E-state index contributed by atoms with van der Waals surface area (Å²) < 4.78 is 0. The number of nitrogens with zero attached hydrogens (tertiary/aromatic N) is 1. The van der Waals surface area contributed by atoms with Gasteiger partial charge in [-0.05, 0) is 23.5 Å². The highest BCUT2D eigenvalue weighted by molar-refractivity contribution is 5.26. The van der Waals surface area contributed by atoms with Gasteiger partial charge in [0, 0.05) is 11.9 Å². The van der Waals surface area contributed by atoms with E-state index in [-0.39, 0.29) is 5.41 Å². The van der Waals surface area contributed by atoms with E-state index in [4.69, 9.17) is 0 Å². The lowest BCUT2D eigenvalue weighted by molar-refractivity contribution is 0.578. The summed E-state index contributed by atoms with van der Waals surface area (Å²) in [5.74, 6) is 0. The third kappa shape index (κ3) is 1.84. The van der Waals surface area contributed by atoms with Gasteiger partial charge in [0.15, 0.2) is 0 Å². The van der Waals surface area contributed by atoms with Crippen molar-refractivity contribution in [3.63, 3.8) is 0 Å². The van der Waals surface area contributed by atoms with Crippen molar-refractivity contribution in [1.29, 1.82) is 0 Å². The van der Waals surface area contributed by atoms with Crippen molar-refractivity contribution in [2.75, 3.05) is 0 Å². The molecule has 0 radical (unpaired) electrons. The van der Waals surface area contributed by atoms with Crippen LogP contribution in [-0.2, 0) is 11.8 Å². The van der Waals surface area contributed by atoms with E-state index in [0.717, 1.165) is 6.42 Å². The van der Waals surface area contributed by atoms with Crippen molar-refractivity contribution in [1.82, 2.24) is 4.98 Å². The van der Waals surface area contributed by atoms with Gasteiger partial charge < -0.3 is 0 Å². The van der Waals surface area contributed by atoms with E-state index in [2.05, 4.69) is 38.7 Å². The van der Waals surface area contributed by atoms with Crippen molar-refractivity contribution in [2.24, 2.45) is 0 Å². The number of pyridine rings is 1. The van der Waals surface area contributed by atoms with E-state index in [0.29, 0.717) is 0 Å². The first-order valence-corrected chi connectivity index (χ1v) is 4.50. The second-order valence-corrected chi connectivity index (χ2v) is 4.10. The molecule has 0 aliphatic heterocycles. The zero-order chi connectivity index (χ0) is 9.19. The lowest BCUT2D eigenvalue weighted by atomic mass is 9.85. The number of hydrogen-bond acceptors (Lipinski definition) is 1. The lowest BCUT2D eigenvalue weighted by Crippen LogP contribution is -2.14. The molecule has 0 unspecified atom stereocenters. The molecule has 1 aromatic rings. The molecule has 0 N–H and O–H groups in total. The topological polar surface area (TPSA) is 12.9 Å². The van der Waals surface area contributed by atoms with Crippen molar-refractivity contribution >= 4 is 0 Å². The Bertz CT molecular complexity index is 258. The summed E-state index contributed by atoms with van der Waals surface area (Å²) in [7, 11) is 0. The predicted octanol–water partition coefficient (Wildman–Crippen LogP) is 2.94. The van der Waals surface area contributed by atoms with Gasteiger partial charge in [-0.3, -0.25) is 4.98 Å². The summed E-state index contributed by atoms with van der Waals surface area (Å²) in [6.45, 7) is 8.83. The van der Waals surface area contributed by atoms with Crippen molar-refractivity contribution in [2.45, 2.75) is 39.5 Å². The summed E-state index contributed by atoms with van der Waals surface area (Å²) in [5.41, 5.74) is 2.82. The van der Waals surface area contributed by atoms with Gasteiger partial charge in [-0.1, -0.05) is 33.8 Å². The van der Waals surface area contributed by atoms with Crippen LogP contribution < -0.4 is 0 Å². The largest absolute Gasteiger partial charge is 0.261 e. The van der Waals surface area contributed by atoms with Crippen LogP contribution in [0.4, 0.5) is 0 Å². The maximum atomic E-state index is 4.36. The average Bonchev–Trinajstić information content (AvgIpc) is 2.03. The first-order valence-electron chi connectivity index (χ1n) is 4.50. The summed E-state index contributed by atoms with van der Waals surface area (Å²) in [5, 5.41) is 0. The molecule has 0 amide bonds. The Morgan fingerprint density at radius 1 is 1.33 bits per heavy atom. The second-order valence-electron chi connectivity index (χ2n) is 4.10. The molecule has 12 heavy (non-hydrogen) atoms. The van der Waals surface area contributed by atoms with Crippen molar-refractivity contribution in [3.8, 4) is 0 Å². The molecule has 0 spiro atoms. The molecule has 0 aromatic carbocycles. The van der Waals surface area contributed by atoms with Gasteiger partial charge in [-0.15, -0.1) is 0 Å². The summed E-state index contributed by atoms with van der Waals surface area (Å²) in [6.07, 6.45) is 2.89. The Balaban J connectivity index is 3.14. The highest BCUT2D eigenvalue weighted by Crippen LogP contribution is 2.24. The second kappa shape index (κ2) is 3.26. The molecular formula is C11H17N. The van der Waals surface area contributed by atoms with E-state index in [1.54, 1.807) is 0 Å². The van der Waals surface area contributed by atoms with Crippen LogP contribution >= 0.6 is 0 Å². The van der Waals surface area contributed by atoms with Crippen LogP contribution in [0.15, 0.2) is 18.3 Å². The predicted molar refractivity (Wildman–Crippen MR) is 52.3 cm³/mol. The van der Waals surface area contributed by atoms with Gasteiger partial charge in [-0.2, -0.15) is 0 Å². The van der Waals surface area contributed by atoms with E-state index in [9.17, 15) is 0 Å². The number of aryl methyl sites for hydroxylation is 1. The third-order valence-corrected chi connectivity index (χ3v) is 2.03. The first-order chi connectivity index (χ1) is 5.55. The Kier molecular flexibility index (Phi) is 2.51. The van der Waals surface area contributed by atoms with Gasteiger partial charge in [-0.25, -0.2) is 0 Å². The Labute approximate surface area is 74.8 Å². The minimum Gasteiger partial charge on any atom is -0.261 e. The molecule has 0 saturated heterocycles. The minimum atomic E-state index is 0.222. The fourth-order valence-electron chi connectivity index (χ4n) is 1.40. The van der Waals surface area contributed by atoms with Crippen LogP contribution in [-0.4, -0.2) is 4.98 Å². The highest BCUT2D eigenvalue weighted by Gasteiger charge is 2.16. The quantitative estimate of drug-likeness (QED) is 0.620. The van der Waals surface area contributed by atoms with Crippen LogP contribution in [0.5, 0.6) is 0 Å². The van der Waals surface area contributed by atoms with Crippen LogP contribution in [0.1, 0.15) is 39.0 Å². The molecule has 0 fully saturated rings. The number of aromatic nitrogens is 1. The van der Waals surface area contributed by atoms with Crippen molar-refractivity contribution < 1.29 is 0 Å². The number of rotatable bonds is 1. The minimum absolute atomic E-state index is 0.222. The van der Waals surface area contributed by atoms with Gasteiger partial charge in [0.2, 0.25) is 0 Å². The molecular weight excluding hydrogens is 146 g/mol. The molecule has 1 aromatic heterocycles. The molecule has 0 saturated carbocycles. The molecule has 0 aliphatic carbocycles. The van der Waals surface area contributed by atoms with Gasteiger partial charge in [0.05, 0.1) is 0 Å². The van der Waals surface area contributed by atoms with Gasteiger partial charge >= 0.3 is 0 Å². The summed E-state index contributed by atoms with van der Waals surface area (Å²) in [6, 6.07) is 4.19. The summed E-state index contributed by atoms with van der Waals surface area (Å²) >= 11 is 0. The molecule has 1 heteroatoms. The van der Waals surface area contributed by atoms with Crippen molar-refractivity contribution in [3.05, 3.63) is 29.6 Å². The number of hydrogen-bond donors (Lipinski definition) is 0. The molecule has 0 aliphatic rings. The van der Waals surface area contributed by atoms with E-state index < -0.39 is 0 Å². The third-order valence-electron chi connectivity index (χ3n) is 2.03. The highest BCUT2D eigenvalue weighted by atomic mass is 14.7. The van der Waals surface area contributed by atoms with E-state index in [1.165, 1.54) is 11.3 Å². The standard InChI is InChI=1S/C11H17N/c1-5-10-9(11(2,3)4)7-6-8-12-10/h6-8H,5H2,1-4H3. The molecule has 1 nitrogen and oxygen atoms in total. The zero-order valence-electron chi connectivity index (χ0n) is 8.39. The monoisotopic (exact) mass is 163 g/mol. The van der Waals surface area contributed by atoms with Gasteiger partial charge in [0.1, 0.15) is 0 Å². The molecule has 0 atom stereocenters. The first kappa shape index (κ1) is 9.24. The van der Waals surface area contributed by atoms with Crippen LogP contribution in [0.3, 0.4) is 0 Å². The molecule has 1 heterocycles. The smallest absolute Gasteiger partial charge is 0.0438 e. The fraction of sp³-hybridized carbons (Fsp3) is 0.545. The normalized spacial score (nSPS) is 11.7. The Morgan fingerprint density at radius 3 is 2.42 bits per heavy atom. The fourth-order valence-corrected chi connectivity index (χ4v) is 1.40. The van der Waals surface area contributed by atoms with E-state index >= 15 is 0 Å². The van der Waals surface area contributed by atoms with Crippen LogP contribution in [0.25, 0.3) is 0 Å². The molecule has 1 rings (SSSR count). The Hall–Kier alpha value is -0.850. The maximum absolute atomic E-state index is 4.36. The summed E-state index contributed by atoms with van der Waals surface area (Å²) in [4.78, 5) is 4.36. The van der Waals surface area contributed by atoms with Crippen LogP contribution in [0.2, 0.25) is 0 Å². The molecule has 66 valence electrons. The lowest BCUT2D eigenvalue weighted by Gasteiger charge is -2.21. The Morgan fingerprint density at radius 2 is 2.00 bits per heavy atom. The van der Waals surface area contributed by atoms with E-state index in [1.807, 2.05) is 12.3 Å². The maximum Gasteiger partial charge on any atom is 0.0438 e. The van der Waals surface area contributed by atoms with Gasteiger partial charge in [0.25, 0.3) is 0 Å². The van der Waals surface area contributed by atoms with Crippen LogP contribution in [0, 0.1) is 0 Å². The zero-order valence-corrected chi connectivity index (χ0v) is 8.39.